The zero-order valence-corrected chi connectivity index (χ0v) is 9.59. The van der Waals surface area contributed by atoms with Crippen LogP contribution in [0.4, 0.5) is 0 Å². The number of unbranched alkanes of at least 4 members (excludes halogenated alkanes) is 2. The molecule has 3 nitrogen and oxygen atoms in total. The minimum atomic E-state index is -2.76. The highest BCUT2D eigenvalue weighted by molar-refractivity contribution is 7.92. The molecule has 0 radical (unpaired) electrons. The minimum Gasteiger partial charge on any atom is -0.314 e. The van der Waals surface area contributed by atoms with Gasteiger partial charge in [0.25, 0.3) is 0 Å². The highest BCUT2D eigenvalue weighted by Gasteiger charge is 2.29. The summed E-state index contributed by atoms with van der Waals surface area (Å²) in [6, 6.07) is 0. The van der Waals surface area contributed by atoms with Gasteiger partial charge in [-0.05, 0) is 6.42 Å². The maximum atomic E-state index is 11.4. The van der Waals surface area contributed by atoms with Crippen LogP contribution in [0.3, 0.4) is 0 Å². The van der Waals surface area contributed by atoms with E-state index in [0.717, 1.165) is 19.3 Å². The topological polar surface area (TPSA) is 46.2 Å². The molecule has 0 amide bonds. The molecule has 0 spiro atoms. The summed E-state index contributed by atoms with van der Waals surface area (Å²) >= 11 is 0. The highest BCUT2D eigenvalue weighted by atomic mass is 35.5. The fourth-order valence-electron chi connectivity index (χ4n) is 1.24. The van der Waals surface area contributed by atoms with Crippen molar-refractivity contribution < 1.29 is 8.42 Å². The number of nitrogens with one attached hydrogen (secondary N) is 1. The lowest BCUT2D eigenvalue weighted by Gasteiger charge is -2.26. The molecule has 1 heterocycles. The lowest BCUT2D eigenvalue weighted by atomic mass is 10.3. The second-order valence-electron chi connectivity index (χ2n) is 3.35. The van der Waals surface area contributed by atoms with Crippen LogP contribution in [0.1, 0.15) is 26.2 Å². The van der Waals surface area contributed by atoms with Crippen molar-refractivity contribution in [3.63, 3.8) is 0 Å². The maximum Gasteiger partial charge on any atom is 0.155 e. The van der Waals surface area contributed by atoms with Crippen LogP contribution in [-0.4, -0.2) is 32.5 Å². The molecular formula is C8H18ClNO2S. The first-order valence-electron chi connectivity index (χ1n) is 4.59. The van der Waals surface area contributed by atoms with Crippen LogP contribution >= 0.6 is 12.4 Å². The Morgan fingerprint density at radius 2 is 1.92 bits per heavy atom. The van der Waals surface area contributed by atoms with E-state index < -0.39 is 9.84 Å². The predicted molar refractivity (Wildman–Crippen MR) is 57.2 cm³/mol. The lowest BCUT2D eigenvalue weighted by Crippen LogP contribution is -2.52. The third-order valence-electron chi connectivity index (χ3n) is 2.28. The molecule has 1 saturated heterocycles. The summed E-state index contributed by atoms with van der Waals surface area (Å²) in [4.78, 5) is 0. The van der Waals surface area contributed by atoms with Crippen LogP contribution in [-0.2, 0) is 9.84 Å². The summed E-state index contributed by atoms with van der Waals surface area (Å²) in [5, 5.41) is 2.89. The van der Waals surface area contributed by atoms with Gasteiger partial charge < -0.3 is 5.32 Å². The molecule has 1 rings (SSSR count). The summed E-state index contributed by atoms with van der Waals surface area (Å²) in [5.74, 6) is 0.382. The summed E-state index contributed by atoms with van der Waals surface area (Å²) in [5.41, 5.74) is 0. The first kappa shape index (κ1) is 13.2. The van der Waals surface area contributed by atoms with E-state index in [2.05, 4.69) is 12.2 Å². The zero-order valence-electron chi connectivity index (χ0n) is 7.95. The van der Waals surface area contributed by atoms with Crippen LogP contribution in [0, 0.1) is 0 Å². The largest absolute Gasteiger partial charge is 0.314 e. The van der Waals surface area contributed by atoms with Gasteiger partial charge in [0.2, 0.25) is 0 Å². The number of hydrogen-bond donors (Lipinski definition) is 1. The van der Waals surface area contributed by atoms with Gasteiger partial charge in [-0.25, -0.2) is 8.42 Å². The molecule has 13 heavy (non-hydrogen) atoms. The Morgan fingerprint density at radius 1 is 1.31 bits per heavy atom. The lowest BCUT2D eigenvalue weighted by molar-refractivity contribution is 0.493. The van der Waals surface area contributed by atoms with Gasteiger partial charge in [-0.2, -0.15) is 0 Å². The van der Waals surface area contributed by atoms with Crippen molar-refractivity contribution in [1.82, 2.24) is 5.32 Å². The number of halogens is 1. The molecule has 1 N–H and O–H groups in total. The van der Waals surface area contributed by atoms with Crippen LogP contribution in [0.15, 0.2) is 0 Å². The third-order valence-corrected chi connectivity index (χ3v) is 4.49. The second kappa shape index (κ2) is 5.83. The average molecular weight is 228 g/mol. The fourth-order valence-corrected chi connectivity index (χ4v) is 2.92. The number of rotatable bonds is 5. The standard InChI is InChI=1S/C8H17NO2S.ClH/c1-2-3-4-5-12(10,11)8-6-9-7-8;/h8-9H,2-7H2,1H3;1H. The monoisotopic (exact) mass is 227 g/mol. The van der Waals surface area contributed by atoms with E-state index in [1.807, 2.05) is 0 Å². The summed E-state index contributed by atoms with van der Waals surface area (Å²) in [6.45, 7) is 3.40. The van der Waals surface area contributed by atoms with Gasteiger partial charge in [0.1, 0.15) is 0 Å². The molecular weight excluding hydrogens is 210 g/mol. The van der Waals surface area contributed by atoms with Crippen molar-refractivity contribution in [1.29, 1.82) is 0 Å². The first-order valence-corrected chi connectivity index (χ1v) is 6.30. The molecule has 1 fully saturated rings. The Labute approximate surface area is 86.6 Å². The van der Waals surface area contributed by atoms with Gasteiger partial charge in [0.15, 0.2) is 9.84 Å². The Balaban J connectivity index is 0.00000144. The summed E-state index contributed by atoms with van der Waals surface area (Å²) in [7, 11) is -2.76. The fraction of sp³-hybridized carbons (Fsp3) is 1.00. The average Bonchev–Trinajstić information content (AvgIpc) is 1.82. The van der Waals surface area contributed by atoms with Gasteiger partial charge in [0, 0.05) is 13.1 Å². The van der Waals surface area contributed by atoms with E-state index in [1.165, 1.54) is 0 Å². The normalized spacial score (nSPS) is 17.6. The van der Waals surface area contributed by atoms with Crippen molar-refractivity contribution in [2.24, 2.45) is 0 Å². The molecule has 80 valence electrons. The molecule has 0 atom stereocenters. The van der Waals surface area contributed by atoms with Crippen molar-refractivity contribution in [3.05, 3.63) is 0 Å². The number of sulfone groups is 1. The van der Waals surface area contributed by atoms with E-state index in [1.54, 1.807) is 0 Å². The SMILES string of the molecule is CCCCCS(=O)(=O)C1CNC1.Cl. The Kier molecular flexibility index (Phi) is 5.92. The van der Waals surface area contributed by atoms with E-state index in [0.29, 0.717) is 18.8 Å². The van der Waals surface area contributed by atoms with Crippen LogP contribution in [0.5, 0.6) is 0 Å². The van der Waals surface area contributed by atoms with Crippen molar-refractivity contribution in [3.8, 4) is 0 Å². The molecule has 1 aliphatic heterocycles. The van der Waals surface area contributed by atoms with Crippen molar-refractivity contribution >= 4 is 22.2 Å². The van der Waals surface area contributed by atoms with E-state index in [4.69, 9.17) is 0 Å². The van der Waals surface area contributed by atoms with Crippen LogP contribution in [0.2, 0.25) is 0 Å². The highest BCUT2D eigenvalue weighted by Crippen LogP contribution is 2.10. The second-order valence-corrected chi connectivity index (χ2v) is 5.75. The van der Waals surface area contributed by atoms with Crippen molar-refractivity contribution in [2.75, 3.05) is 18.8 Å². The Hall–Kier alpha value is 0.200. The Morgan fingerprint density at radius 3 is 2.31 bits per heavy atom. The van der Waals surface area contributed by atoms with Gasteiger partial charge in [-0.15, -0.1) is 12.4 Å². The smallest absolute Gasteiger partial charge is 0.155 e. The molecule has 0 aromatic rings. The third kappa shape index (κ3) is 3.83. The molecule has 1 aliphatic rings. The molecule has 0 bridgehead atoms. The van der Waals surface area contributed by atoms with E-state index in [-0.39, 0.29) is 17.7 Å². The molecule has 0 unspecified atom stereocenters. The maximum absolute atomic E-state index is 11.4. The van der Waals surface area contributed by atoms with Crippen LogP contribution in [0.25, 0.3) is 0 Å². The molecule has 0 aliphatic carbocycles. The van der Waals surface area contributed by atoms with E-state index in [9.17, 15) is 8.42 Å². The summed E-state index contributed by atoms with van der Waals surface area (Å²) in [6.07, 6.45) is 2.94. The minimum absolute atomic E-state index is 0. The molecule has 0 saturated carbocycles. The van der Waals surface area contributed by atoms with Gasteiger partial charge in [-0.3, -0.25) is 0 Å². The van der Waals surface area contributed by atoms with E-state index >= 15 is 0 Å². The quantitative estimate of drug-likeness (QED) is 0.713. The van der Waals surface area contributed by atoms with Crippen molar-refractivity contribution in [2.45, 2.75) is 31.4 Å². The molecule has 0 aromatic heterocycles. The Bertz CT molecular complexity index is 224. The summed E-state index contributed by atoms with van der Waals surface area (Å²) < 4.78 is 22.9. The zero-order chi connectivity index (χ0) is 9.03. The number of hydrogen-bond acceptors (Lipinski definition) is 3. The first-order chi connectivity index (χ1) is 5.67. The molecule has 0 aromatic carbocycles. The molecule has 5 heteroatoms. The predicted octanol–water partition coefficient (Wildman–Crippen LogP) is 0.985. The van der Waals surface area contributed by atoms with Gasteiger partial charge >= 0.3 is 0 Å². The van der Waals surface area contributed by atoms with Gasteiger partial charge in [0.05, 0.1) is 11.0 Å². The van der Waals surface area contributed by atoms with Crippen LogP contribution < -0.4 is 5.32 Å². The van der Waals surface area contributed by atoms with Gasteiger partial charge in [-0.1, -0.05) is 19.8 Å².